The van der Waals surface area contributed by atoms with Gasteiger partial charge in [-0.25, -0.2) is 4.99 Å². The fraction of sp³-hybridized carbons (Fsp3) is 0.217. The van der Waals surface area contributed by atoms with Crippen LogP contribution < -0.4 is 4.74 Å². The van der Waals surface area contributed by atoms with E-state index in [-0.39, 0.29) is 11.7 Å². The molecule has 1 amide bonds. The molecule has 2 aromatic rings. The third-order valence-corrected chi connectivity index (χ3v) is 5.45. The number of ether oxygens (including phenoxy) is 2. The average Bonchev–Trinajstić information content (AvgIpc) is 3.03. The van der Waals surface area contributed by atoms with Gasteiger partial charge in [-0.15, -0.1) is 6.58 Å². The second-order valence-corrected chi connectivity index (χ2v) is 7.52. The first kappa shape index (κ1) is 21.7. The van der Waals surface area contributed by atoms with Crippen molar-refractivity contribution in [3.05, 3.63) is 71.2 Å². The van der Waals surface area contributed by atoms with Crippen LogP contribution in [0.2, 0.25) is 0 Å². The Balaban J connectivity index is 1.98. The van der Waals surface area contributed by atoms with Crippen LogP contribution >= 0.6 is 11.8 Å². The van der Waals surface area contributed by atoms with Crippen LogP contribution in [0.1, 0.15) is 11.1 Å². The second-order valence-electron chi connectivity index (χ2n) is 6.51. The molecule has 1 N–H and O–H groups in total. The van der Waals surface area contributed by atoms with Crippen LogP contribution in [-0.4, -0.2) is 48.5 Å². The van der Waals surface area contributed by atoms with E-state index >= 15 is 0 Å². The maximum absolute atomic E-state index is 13.1. The van der Waals surface area contributed by atoms with Gasteiger partial charge in [0, 0.05) is 12.7 Å². The number of phenols is 1. The predicted molar refractivity (Wildman–Crippen MR) is 121 cm³/mol. The highest BCUT2D eigenvalue weighted by Gasteiger charge is 2.33. The molecule has 1 aliphatic heterocycles. The van der Waals surface area contributed by atoms with Crippen LogP contribution in [-0.2, 0) is 16.0 Å². The molecule has 0 radical (unpaired) electrons. The van der Waals surface area contributed by atoms with Crippen molar-refractivity contribution in [1.82, 2.24) is 4.90 Å². The Bertz CT molecular complexity index is 986. The molecule has 30 heavy (non-hydrogen) atoms. The molecule has 156 valence electrons. The minimum atomic E-state index is -0.135. The van der Waals surface area contributed by atoms with Crippen molar-refractivity contribution in [1.29, 1.82) is 0 Å². The normalized spacial score (nSPS) is 16.5. The minimum Gasteiger partial charge on any atom is -0.504 e. The zero-order valence-corrected chi connectivity index (χ0v) is 17.8. The van der Waals surface area contributed by atoms with Gasteiger partial charge in [-0.1, -0.05) is 24.3 Å². The van der Waals surface area contributed by atoms with Gasteiger partial charge in [0.05, 0.1) is 30.9 Å². The number of carbonyl (C=O) groups is 1. The molecule has 6 nitrogen and oxygen atoms in total. The number of aliphatic imine (C=N–C) groups is 1. The third kappa shape index (κ3) is 4.93. The van der Waals surface area contributed by atoms with E-state index in [0.29, 0.717) is 41.0 Å². The molecule has 1 aliphatic rings. The number of thioether (sulfide) groups is 1. The summed E-state index contributed by atoms with van der Waals surface area (Å²) in [6.07, 6.45) is 3.98. The van der Waals surface area contributed by atoms with Crippen molar-refractivity contribution in [3.63, 3.8) is 0 Å². The van der Waals surface area contributed by atoms with Gasteiger partial charge < -0.3 is 14.6 Å². The SMILES string of the molecule is C=CCc1cc(/C=C2\SC(=Nc3ccccc3)N(CCOC)C2=O)cc(OC)c1O. The summed E-state index contributed by atoms with van der Waals surface area (Å²) >= 11 is 1.31. The number of nitrogens with zero attached hydrogens (tertiary/aromatic N) is 2. The number of carbonyl (C=O) groups excluding carboxylic acids is 1. The van der Waals surface area contributed by atoms with Gasteiger partial charge in [-0.2, -0.15) is 0 Å². The Morgan fingerprint density at radius 1 is 1.23 bits per heavy atom. The number of hydrogen-bond acceptors (Lipinski definition) is 6. The lowest BCUT2D eigenvalue weighted by molar-refractivity contribution is -0.122. The van der Waals surface area contributed by atoms with Crippen molar-refractivity contribution < 1.29 is 19.4 Å². The maximum Gasteiger partial charge on any atom is 0.266 e. The fourth-order valence-corrected chi connectivity index (χ4v) is 4.00. The number of phenolic OH excluding ortho intramolecular Hbond substituents is 1. The summed E-state index contributed by atoms with van der Waals surface area (Å²) in [7, 11) is 3.10. The van der Waals surface area contributed by atoms with Crippen LogP contribution in [0.4, 0.5) is 5.69 Å². The van der Waals surface area contributed by atoms with Gasteiger partial charge >= 0.3 is 0 Å². The molecular formula is C23H24N2O4S. The van der Waals surface area contributed by atoms with E-state index in [2.05, 4.69) is 11.6 Å². The van der Waals surface area contributed by atoms with E-state index in [1.54, 1.807) is 30.2 Å². The molecule has 0 aliphatic carbocycles. The molecule has 0 bridgehead atoms. The summed E-state index contributed by atoms with van der Waals surface area (Å²) in [5, 5.41) is 10.9. The number of benzene rings is 2. The van der Waals surface area contributed by atoms with E-state index in [9.17, 15) is 9.90 Å². The van der Waals surface area contributed by atoms with Gasteiger partial charge in [-0.3, -0.25) is 9.69 Å². The molecule has 0 saturated carbocycles. The summed E-state index contributed by atoms with van der Waals surface area (Å²) in [6, 6.07) is 13.0. The van der Waals surface area contributed by atoms with Crippen molar-refractivity contribution in [2.75, 3.05) is 27.4 Å². The summed E-state index contributed by atoms with van der Waals surface area (Å²) in [4.78, 5) is 19.9. The Morgan fingerprint density at radius 2 is 2.00 bits per heavy atom. The smallest absolute Gasteiger partial charge is 0.266 e. The molecule has 0 unspecified atom stereocenters. The number of para-hydroxylation sites is 1. The third-order valence-electron chi connectivity index (χ3n) is 4.45. The van der Waals surface area contributed by atoms with E-state index < -0.39 is 0 Å². The summed E-state index contributed by atoms with van der Waals surface area (Å²) < 4.78 is 10.4. The lowest BCUT2D eigenvalue weighted by Gasteiger charge is -2.14. The minimum absolute atomic E-state index is 0.0815. The van der Waals surface area contributed by atoms with Crippen LogP contribution in [0.25, 0.3) is 6.08 Å². The largest absolute Gasteiger partial charge is 0.504 e. The van der Waals surface area contributed by atoms with Crippen molar-refractivity contribution >= 4 is 34.6 Å². The highest BCUT2D eigenvalue weighted by atomic mass is 32.2. The maximum atomic E-state index is 13.1. The monoisotopic (exact) mass is 424 g/mol. The quantitative estimate of drug-likeness (QED) is 0.503. The van der Waals surface area contributed by atoms with Crippen molar-refractivity contribution in [2.45, 2.75) is 6.42 Å². The molecule has 0 aromatic heterocycles. The molecule has 1 fully saturated rings. The van der Waals surface area contributed by atoms with E-state index in [0.717, 1.165) is 11.3 Å². The van der Waals surface area contributed by atoms with Crippen LogP contribution in [0, 0.1) is 0 Å². The summed E-state index contributed by atoms with van der Waals surface area (Å²) in [5.74, 6) is 0.299. The molecule has 1 saturated heterocycles. The first-order valence-electron chi connectivity index (χ1n) is 9.42. The first-order chi connectivity index (χ1) is 14.6. The molecule has 1 heterocycles. The summed E-state index contributed by atoms with van der Waals surface area (Å²) in [6.45, 7) is 4.54. The second kappa shape index (κ2) is 10.1. The predicted octanol–water partition coefficient (Wildman–Crippen LogP) is 4.38. The van der Waals surface area contributed by atoms with E-state index in [4.69, 9.17) is 9.47 Å². The Morgan fingerprint density at radius 3 is 2.67 bits per heavy atom. The van der Waals surface area contributed by atoms with Crippen molar-refractivity contribution in [2.24, 2.45) is 4.99 Å². The van der Waals surface area contributed by atoms with Gasteiger partial charge in [0.15, 0.2) is 16.7 Å². The molecule has 0 atom stereocenters. The lowest BCUT2D eigenvalue weighted by atomic mass is 10.1. The van der Waals surface area contributed by atoms with Crippen LogP contribution in [0.5, 0.6) is 11.5 Å². The zero-order valence-electron chi connectivity index (χ0n) is 17.0. The highest BCUT2D eigenvalue weighted by molar-refractivity contribution is 8.18. The number of amidine groups is 1. The van der Waals surface area contributed by atoms with Crippen molar-refractivity contribution in [3.8, 4) is 11.5 Å². The van der Waals surface area contributed by atoms with Gasteiger partial charge in [0.1, 0.15) is 0 Å². The van der Waals surface area contributed by atoms with Gasteiger partial charge in [0.25, 0.3) is 5.91 Å². The zero-order chi connectivity index (χ0) is 21.5. The number of methoxy groups -OCH3 is 2. The van der Waals surface area contributed by atoms with E-state index in [1.807, 2.05) is 36.4 Å². The lowest BCUT2D eigenvalue weighted by Crippen LogP contribution is -2.32. The van der Waals surface area contributed by atoms with Crippen LogP contribution in [0.15, 0.2) is 65.0 Å². The van der Waals surface area contributed by atoms with Gasteiger partial charge in [-0.05, 0) is 54.1 Å². The highest BCUT2D eigenvalue weighted by Crippen LogP contribution is 2.37. The Labute approximate surface area is 180 Å². The number of aromatic hydroxyl groups is 1. The topological polar surface area (TPSA) is 71.4 Å². The fourth-order valence-electron chi connectivity index (χ4n) is 2.97. The molecular weight excluding hydrogens is 400 g/mol. The van der Waals surface area contributed by atoms with E-state index in [1.165, 1.54) is 18.9 Å². The van der Waals surface area contributed by atoms with Gasteiger partial charge in [0.2, 0.25) is 0 Å². The average molecular weight is 425 g/mol. The molecule has 7 heteroatoms. The Hall–Kier alpha value is -3.03. The molecule has 0 spiro atoms. The first-order valence-corrected chi connectivity index (χ1v) is 10.2. The summed E-state index contributed by atoms with van der Waals surface area (Å²) in [5.41, 5.74) is 2.21. The standard InChI is InChI=1S/C23H24N2O4S/c1-4-8-17-13-16(14-19(29-3)21(17)26)15-20-22(27)25(11-12-28-2)23(30-20)24-18-9-6-5-7-10-18/h4-7,9-10,13-15,26H,1,8,11-12H2,2-3H3/b20-15-,24-23?. The number of allylic oxidation sites excluding steroid dienone is 1. The number of hydrogen-bond donors (Lipinski definition) is 1. The number of amides is 1. The number of rotatable bonds is 8. The molecule has 3 rings (SSSR count). The Kier molecular flexibility index (Phi) is 7.32. The molecule has 2 aromatic carbocycles. The van der Waals surface area contributed by atoms with Crippen LogP contribution in [0.3, 0.4) is 0 Å².